The summed E-state index contributed by atoms with van der Waals surface area (Å²) >= 11 is 4.34. The number of nitrogens with zero attached hydrogens (tertiary/aromatic N) is 1. The second kappa shape index (κ2) is 3.91. The lowest BCUT2D eigenvalue weighted by Crippen LogP contribution is -1.98. The van der Waals surface area contributed by atoms with E-state index < -0.39 is 17.8 Å². The Bertz CT molecular complexity index is 305. The molecule has 1 rings (SSSR count). The first-order chi connectivity index (χ1) is 5.54. The summed E-state index contributed by atoms with van der Waals surface area (Å²) in [5, 5.41) is 0. The predicted molar refractivity (Wildman–Crippen MR) is 49.6 cm³/mol. The summed E-state index contributed by atoms with van der Waals surface area (Å²) in [5.74, 6) is -0.940. The van der Waals surface area contributed by atoms with Crippen LogP contribution in [0.15, 0.2) is 10.7 Å². The summed E-state index contributed by atoms with van der Waals surface area (Å²) in [6, 6.07) is 0. The normalized spacial score (nSPS) is 10.8. The van der Waals surface area contributed by atoms with Crippen LogP contribution in [0.2, 0.25) is 0 Å². The van der Waals surface area contributed by atoms with Crippen LogP contribution < -0.4 is 0 Å². The molecule has 1 aromatic rings. The molecule has 0 unspecified atom stereocenters. The van der Waals surface area contributed by atoms with E-state index in [9.17, 15) is 13.2 Å². The predicted octanol–water partition coefficient (Wildman–Crippen LogP) is 3.53. The Morgan fingerprint density at radius 3 is 2.50 bits per heavy atom. The van der Waals surface area contributed by atoms with Gasteiger partial charge in [0, 0.05) is 6.20 Å². The first kappa shape index (κ1) is 10.2. The van der Waals surface area contributed by atoms with Gasteiger partial charge in [0.1, 0.15) is 9.52 Å². The number of pyridine rings is 1. The standard InChI is InChI=1S/C6H2BrF3IN/c7-2-1-12-6(11)3(4(2)8)5(9)10/h1,5H. The summed E-state index contributed by atoms with van der Waals surface area (Å²) in [5.41, 5.74) is -0.648. The molecule has 0 saturated carbocycles. The maximum Gasteiger partial charge on any atom is 0.269 e. The van der Waals surface area contributed by atoms with E-state index in [0.717, 1.165) is 6.20 Å². The van der Waals surface area contributed by atoms with Crippen molar-refractivity contribution in [3.8, 4) is 0 Å². The first-order valence-electron chi connectivity index (χ1n) is 2.81. The Kier molecular flexibility index (Phi) is 3.33. The summed E-state index contributed by atoms with van der Waals surface area (Å²) in [7, 11) is 0. The fraction of sp³-hybridized carbons (Fsp3) is 0.167. The zero-order valence-electron chi connectivity index (χ0n) is 5.49. The second-order valence-electron chi connectivity index (χ2n) is 1.93. The monoisotopic (exact) mass is 351 g/mol. The lowest BCUT2D eigenvalue weighted by atomic mass is 10.3. The second-order valence-corrected chi connectivity index (χ2v) is 3.80. The summed E-state index contributed by atoms with van der Waals surface area (Å²) < 4.78 is 37.2. The van der Waals surface area contributed by atoms with Crippen LogP contribution in [0.3, 0.4) is 0 Å². The Labute approximate surface area is 88.6 Å². The van der Waals surface area contributed by atoms with Gasteiger partial charge in [-0.05, 0) is 38.5 Å². The van der Waals surface area contributed by atoms with E-state index in [0.29, 0.717) is 0 Å². The Morgan fingerprint density at radius 1 is 1.50 bits per heavy atom. The lowest BCUT2D eigenvalue weighted by Gasteiger charge is -2.04. The van der Waals surface area contributed by atoms with Crippen molar-refractivity contribution in [1.82, 2.24) is 4.98 Å². The minimum atomic E-state index is -2.83. The molecule has 0 atom stereocenters. The quantitative estimate of drug-likeness (QED) is 0.557. The van der Waals surface area contributed by atoms with E-state index >= 15 is 0 Å². The topological polar surface area (TPSA) is 12.9 Å². The van der Waals surface area contributed by atoms with Gasteiger partial charge in [-0.1, -0.05) is 0 Å². The minimum Gasteiger partial charge on any atom is -0.248 e. The fourth-order valence-corrected chi connectivity index (χ4v) is 1.57. The van der Waals surface area contributed by atoms with Crippen molar-refractivity contribution in [1.29, 1.82) is 0 Å². The Hall–Kier alpha value is 0.150. The van der Waals surface area contributed by atoms with Crippen molar-refractivity contribution in [3.63, 3.8) is 0 Å². The molecule has 0 aliphatic heterocycles. The molecule has 0 saturated heterocycles. The van der Waals surface area contributed by atoms with E-state index in [1.165, 1.54) is 0 Å². The molecule has 0 bridgehead atoms. The number of hydrogen-bond acceptors (Lipinski definition) is 1. The van der Waals surface area contributed by atoms with Crippen molar-refractivity contribution in [2.45, 2.75) is 6.43 Å². The molecule has 0 spiro atoms. The van der Waals surface area contributed by atoms with Gasteiger partial charge in [0.2, 0.25) is 0 Å². The van der Waals surface area contributed by atoms with Gasteiger partial charge in [0.15, 0.2) is 0 Å². The number of aromatic nitrogens is 1. The van der Waals surface area contributed by atoms with Crippen molar-refractivity contribution in [2.24, 2.45) is 0 Å². The summed E-state index contributed by atoms with van der Waals surface area (Å²) in [6.45, 7) is 0. The Balaban J connectivity index is 3.33. The maximum atomic E-state index is 12.9. The molecule has 0 radical (unpaired) electrons. The van der Waals surface area contributed by atoms with E-state index in [-0.39, 0.29) is 8.17 Å². The van der Waals surface area contributed by atoms with Gasteiger partial charge in [0.05, 0.1) is 10.0 Å². The molecular formula is C6H2BrF3IN. The molecule has 0 aliphatic carbocycles. The molecule has 1 nitrogen and oxygen atoms in total. The van der Waals surface area contributed by atoms with Gasteiger partial charge in [-0.25, -0.2) is 18.2 Å². The number of hydrogen-bond donors (Lipinski definition) is 0. The molecule has 66 valence electrons. The molecule has 0 aliphatic rings. The van der Waals surface area contributed by atoms with Gasteiger partial charge in [-0.15, -0.1) is 0 Å². The molecule has 1 aromatic heterocycles. The zero-order valence-corrected chi connectivity index (χ0v) is 9.24. The zero-order chi connectivity index (χ0) is 9.30. The van der Waals surface area contributed by atoms with Crippen molar-refractivity contribution in [2.75, 3.05) is 0 Å². The molecule has 0 aromatic carbocycles. The number of halogens is 5. The van der Waals surface area contributed by atoms with Gasteiger partial charge >= 0.3 is 0 Å². The average molecular weight is 352 g/mol. The Morgan fingerprint density at radius 2 is 2.08 bits per heavy atom. The maximum absolute atomic E-state index is 12.9. The van der Waals surface area contributed by atoms with Gasteiger partial charge < -0.3 is 0 Å². The molecule has 0 N–H and O–H groups in total. The SMILES string of the molecule is Fc1c(Br)cnc(I)c1C(F)F. The smallest absolute Gasteiger partial charge is 0.248 e. The average Bonchev–Trinajstić information content (AvgIpc) is 1.97. The van der Waals surface area contributed by atoms with E-state index in [1.54, 1.807) is 22.6 Å². The van der Waals surface area contributed by atoms with Crippen molar-refractivity contribution in [3.05, 3.63) is 25.8 Å². The highest BCUT2D eigenvalue weighted by Gasteiger charge is 2.20. The van der Waals surface area contributed by atoms with E-state index in [1.807, 2.05) is 0 Å². The van der Waals surface area contributed by atoms with Crippen LogP contribution in [0, 0.1) is 9.52 Å². The molecule has 0 fully saturated rings. The van der Waals surface area contributed by atoms with Crippen LogP contribution in [0.25, 0.3) is 0 Å². The third-order valence-electron chi connectivity index (χ3n) is 1.18. The highest BCUT2D eigenvalue weighted by atomic mass is 127. The van der Waals surface area contributed by atoms with Crippen LogP contribution in [0.1, 0.15) is 12.0 Å². The van der Waals surface area contributed by atoms with Crippen LogP contribution >= 0.6 is 38.5 Å². The van der Waals surface area contributed by atoms with Crippen LogP contribution in [0.4, 0.5) is 13.2 Å². The van der Waals surface area contributed by atoms with Crippen LogP contribution in [-0.4, -0.2) is 4.98 Å². The summed E-state index contributed by atoms with van der Waals surface area (Å²) in [4.78, 5) is 3.58. The first-order valence-corrected chi connectivity index (χ1v) is 4.68. The number of rotatable bonds is 1. The molecule has 0 amide bonds. The van der Waals surface area contributed by atoms with Crippen molar-refractivity contribution >= 4 is 38.5 Å². The minimum absolute atomic E-state index is 0.0108. The van der Waals surface area contributed by atoms with Crippen LogP contribution in [-0.2, 0) is 0 Å². The number of alkyl halides is 2. The van der Waals surface area contributed by atoms with E-state index in [2.05, 4.69) is 20.9 Å². The molecule has 12 heavy (non-hydrogen) atoms. The van der Waals surface area contributed by atoms with E-state index in [4.69, 9.17) is 0 Å². The fourth-order valence-electron chi connectivity index (χ4n) is 0.645. The largest absolute Gasteiger partial charge is 0.269 e. The molecule has 6 heteroatoms. The highest BCUT2D eigenvalue weighted by molar-refractivity contribution is 14.1. The van der Waals surface area contributed by atoms with Gasteiger partial charge in [-0.3, -0.25) is 0 Å². The third-order valence-corrected chi connectivity index (χ3v) is 2.59. The highest BCUT2D eigenvalue weighted by Crippen LogP contribution is 2.29. The summed E-state index contributed by atoms with van der Waals surface area (Å²) in [6.07, 6.45) is -1.68. The van der Waals surface area contributed by atoms with Crippen LogP contribution in [0.5, 0.6) is 0 Å². The van der Waals surface area contributed by atoms with Crippen molar-refractivity contribution < 1.29 is 13.2 Å². The molecule has 1 heterocycles. The van der Waals surface area contributed by atoms with Gasteiger partial charge in [0.25, 0.3) is 6.43 Å². The lowest BCUT2D eigenvalue weighted by molar-refractivity contribution is 0.144. The molecular weight excluding hydrogens is 350 g/mol. The third kappa shape index (κ3) is 1.90. The van der Waals surface area contributed by atoms with Gasteiger partial charge in [-0.2, -0.15) is 0 Å².